The number of nitrogens with zero attached hydrogens (tertiary/aromatic N) is 2. The Labute approximate surface area is 197 Å². The van der Waals surface area contributed by atoms with Crippen LogP contribution in [0.4, 0.5) is 5.69 Å². The van der Waals surface area contributed by atoms with E-state index in [0.29, 0.717) is 10.6 Å². The number of carbonyl (C=O) groups excluding carboxylic acids is 2. The number of nitro benzene ring substituents is 1. The average molecular weight is 478 g/mol. The Balaban J connectivity index is 2.21. The summed E-state index contributed by atoms with van der Waals surface area (Å²) in [5.41, 5.74) is 0.472. The number of carbonyl (C=O) groups is 2. The molecular weight excluding hydrogens is 450 g/mol. The Hall–Kier alpha value is -3.33. The van der Waals surface area contributed by atoms with Gasteiger partial charge >= 0.3 is 5.69 Å². The van der Waals surface area contributed by atoms with E-state index in [2.05, 4.69) is 5.32 Å². The van der Waals surface area contributed by atoms with Crippen LogP contribution in [0.1, 0.15) is 32.8 Å². The summed E-state index contributed by atoms with van der Waals surface area (Å²) in [5.74, 6) is -0.500. The van der Waals surface area contributed by atoms with Crippen molar-refractivity contribution in [1.29, 1.82) is 0 Å². The molecule has 0 aliphatic rings. The molecule has 2 unspecified atom stereocenters. The average Bonchev–Trinajstić information content (AvgIpc) is 2.80. The van der Waals surface area contributed by atoms with Crippen LogP contribution < -0.4 is 14.8 Å². The summed E-state index contributed by atoms with van der Waals surface area (Å²) in [5, 5.41) is 14.4. The van der Waals surface area contributed by atoms with Crippen molar-refractivity contribution in [1.82, 2.24) is 10.2 Å². The molecule has 9 nitrogen and oxygen atoms in total. The van der Waals surface area contributed by atoms with Gasteiger partial charge in [-0.25, -0.2) is 0 Å². The zero-order valence-corrected chi connectivity index (χ0v) is 19.8. The maximum absolute atomic E-state index is 13.1. The predicted octanol–water partition coefficient (Wildman–Crippen LogP) is 3.97. The molecule has 33 heavy (non-hydrogen) atoms. The Bertz CT molecular complexity index is 1000. The predicted molar refractivity (Wildman–Crippen MR) is 125 cm³/mol. The Morgan fingerprint density at radius 1 is 1.21 bits per heavy atom. The summed E-state index contributed by atoms with van der Waals surface area (Å²) in [7, 11) is 1.31. The molecule has 0 fully saturated rings. The monoisotopic (exact) mass is 477 g/mol. The second kappa shape index (κ2) is 12.1. The molecule has 0 aliphatic heterocycles. The Kier molecular flexibility index (Phi) is 9.47. The largest absolute Gasteiger partial charge is 0.490 e. The summed E-state index contributed by atoms with van der Waals surface area (Å²) in [4.78, 5) is 37.7. The van der Waals surface area contributed by atoms with E-state index in [1.165, 1.54) is 30.2 Å². The molecule has 1 N–H and O–H groups in total. The molecule has 0 saturated heterocycles. The molecule has 2 atom stereocenters. The first kappa shape index (κ1) is 25.9. The molecule has 0 saturated carbocycles. The molecule has 0 bridgehead atoms. The van der Waals surface area contributed by atoms with Crippen LogP contribution in [-0.2, 0) is 16.1 Å². The van der Waals surface area contributed by atoms with Gasteiger partial charge in [0.25, 0.3) is 5.91 Å². The van der Waals surface area contributed by atoms with Crippen LogP contribution in [0.15, 0.2) is 42.5 Å². The molecule has 0 heterocycles. The third-order valence-electron chi connectivity index (χ3n) is 5.18. The summed E-state index contributed by atoms with van der Waals surface area (Å²) in [6.07, 6.45) is 0.752. The molecule has 2 aromatic rings. The van der Waals surface area contributed by atoms with Crippen LogP contribution in [0.5, 0.6) is 11.5 Å². The van der Waals surface area contributed by atoms with Gasteiger partial charge < -0.3 is 19.7 Å². The zero-order valence-electron chi connectivity index (χ0n) is 19.0. The van der Waals surface area contributed by atoms with Crippen molar-refractivity contribution < 1.29 is 24.0 Å². The van der Waals surface area contributed by atoms with Crippen LogP contribution in [0.3, 0.4) is 0 Å². The highest BCUT2D eigenvalue weighted by molar-refractivity contribution is 6.31. The van der Waals surface area contributed by atoms with Gasteiger partial charge in [-0.2, -0.15) is 0 Å². The van der Waals surface area contributed by atoms with E-state index in [4.69, 9.17) is 21.1 Å². The second-order valence-corrected chi connectivity index (χ2v) is 7.89. The molecule has 2 aromatic carbocycles. The zero-order chi connectivity index (χ0) is 24.5. The van der Waals surface area contributed by atoms with E-state index in [9.17, 15) is 19.7 Å². The third kappa shape index (κ3) is 7.08. The van der Waals surface area contributed by atoms with E-state index in [1.54, 1.807) is 31.2 Å². The van der Waals surface area contributed by atoms with Gasteiger partial charge in [0.1, 0.15) is 11.8 Å². The number of rotatable bonds is 11. The third-order valence-corrected chi connectivity index (χ3v) is 5.55. The van der Waals surface area contributed by atoms with Crippen molar-refractivity contribution in [3.63, 3.8) is 0 Å². The number of hydrogen-bond donors (Lipinski definition) is 1. The fourth-order valence-corrected chi connectivity index (χ4v) is 3.18. The first-order valence-corrected chi connectivity index (χ1v) is 10.8. The van der Waals surface area contributed by atoms with Crippen molar-refractivity contribution in [2.75, 3.05) is 13.7 Å². The molecule has 0 aromatic heterocycles. The highest BCUT2D eigenvalue weighted by atomic mass is 35.5. The number of hydrogen-bond acceptors (Lipinski definition) is 6. The van der Waals surface area contributed by atoms with E-state index < -0.39 is 16.9 Å². The molecule has 178 valence electrons. The lowest BCUT2D eigenvalue weighted by Gasteiger charge is -2.30. The van der Waals surface area contributed by atoms with Crippen LogP contribution in [0, 0.1) is 10.1 Å². The molecule has 0 aliphatic carbocycles. The van der Waals surface area contributed by atoms with Crippen molar-refractivity contribution in [3.8, 4) is 11.5 Å². The molecular formula is C23H28ClN3O6. The quantitative estimate of drug-likeness (QED) is 0.387. The Morgan fingerprint density at radius 3 is 2.52 bits per heavy atom. The van der Waals surface area contributed by atoms with Crippen LogP contribution in [-0.4, -0.2) is 47.4 Å². The number of nitrogens with one attached hydrogen (secondary N) is 1. The molecule has 2 amide bonds. The lowest BCUT2D eigenvalue weighted by Crippen LogP contribution is -2.50. The molecule has 2 rings (SSSR count). The summed E-state index contributed by atoms with van der Waals surface area (Å²) >= 11 is 6.27. The minimum Gasteiger partial charge on any atom is -0.490 e. The topological polar surface area (TPSA) is 111 Å². The van der Waals surface area contributed by atoms with Crippen molar-refractivity contribution in [3.05, 3.63) is 63.2 Å². The lowest BCUT2D eigenvalue weighted by atomic mass is 10.1. The summed E-state index contributed by atoms with van der Waals surface area (Å²) < 4.78 is 10.6. The normalized spacial score (nSPS) is 12.4. The summed E-state index contributed by atoms with van der Waals surface area (Å²) in [6, 6.07) is 10.2. The molecule has 0 spiro atoms. The van der Waals surface area contributed by atoms with Crippen molar-refractivity contribution in [2.45, 2.75) is 45.8 Å². The number of nitro groups is 1. The Morgan fingerprint density at radius 2 is 1.91 bits per heavy atom. The van der Waals surface area contributed by atoms with Gasteiger partial charge in [-0.1, -0.05) is 36.7 Å². The molecule has 10 heteroatoms. The van der Waals surface area contributed by atoms with Gasteiger partial charge in [-0.15, -0.1) is 0 Å². The number of amides is 2. The van der Waals surface area contributed by atoms with E-state index in [1.807, 2.05) is 13.8 Å². The van der Waals surface area contributed by atoms with Crippen LogP contribution >= 0.6 is 11.6 Å². The van der Waals surface area contributed by atoms with Crippen molar-refractivity contribution >= 4 is 29.1 Å². The maximum Gasteiger partial charge on any atom is 0.311 e. The van der Waals surface area contributed by atoms with Gasteiger partial charge in [-0.3, -0.25) is 19.7 Å². The van der Waals surface area contributed by atoms with Gasteiger partial charge in [0.2, 0.25) is 11.7 Å². The first-order valence-electron chi connectivity index (χ1n) is 10.5. The van der Waals surface area contributed by atoms with E-state index in [0.717, 1.165) is 6.42 Å². The summed E-state index contributed by atoms with van der Waals surface area (Å²) in [6.45, 7) is 5.21. The van der Waals surface area contributed by atoms with E-state index in [-0.39, 0.29) is 42.3 Å². The van der Waals surface area contributed by atoms with E-state index >= 15 is 0 Å². The standard InChI is InChI=1S/C23H28ClN3O6/c1-5-15(2)25-23(29)16(3)26(13-17-8-6-7-9-19(17)24)22(28)14-33-18-10-11-20(27(30)31)21(12-18)32-4/h6-12,15-16H,5,13-14H2,1-4H3,(H,25,29). The number of halogens is 1. The SMILES string of the molecule is CCC(C)NC(=O)C(C)N(Cc1ccccc1Cl)C(=O)COc1ccc([N+](=O)[O-])c(OC)c1. The fraction of sp³-hybridized carbons (Fsp3) is 0.391. The molecule has 0 radical (unpaired) electrons. The minimum atomic E-state index is -0.780. The second-order valence-electron chi connectivity index (χ2n) is 7.49. The number of methoxy groups -OCH3 is 1. The van der Waals surface area contributed by atoms with Gasteiger partial charge in [0.05, 0.1) is 12.0 Å². The maximum atomic E-state index is 13.1. The first-order chi connectivity index (χ1) is 15.7. The van der Waals surface area contributed by atoms with Gasteiger partial charge in [-0.05, 0) is 38.0 Å². The van der Waals surface area contributed by atoms with Crippen LogP contribution in [0.2, 0.25) is 5.02 Å². The minimum absolute atomic E-state index is 0.0131. The highest BCUT2D eigenvalue weighted by Crippen LogP contribution is 2.30. The number of ether oxygens (including phenoxy) is 2. The lowest BCUT2D eigenvalue weighted by molar-refractivity contribution is -0.385. The highest BCUT2D eigenvalue weighted by Gasteiger charge is 2.28. The van der Waals surface area contributed by atoms with Crippen molar-refractivity contribution in [2.24, 2.45) is 0 Å². The number of benzene rings is 2. The van der Waals surface area contributed by atoms with Gasteiger partial charge in [0, 0.05) is 29.7 Å². The van der Waals surface area contributed by atoms with Crippen LogP contribution in [0.25, 0.3) is 0 Å². The van der Waals surface area contributed by atoms with Gasteiger partial charge in [0.15, 0.2) is 6.61 Å². The fourth-order valence-electron chi connectivity index (χ4n) is 2.98. The smallest absolute Gasteiger partial charge is 0.311 e.